The van der Waals surface area contributed by atoms with E-state index in [1.54, 1.807) is 11.8 Å². The van der Waals surface area contributed by atoms with Crippen molar-refractivity contribution in [2.75, 3.05) is 33.5 Å². The van der Waals surface area contributed by atoms with E-state index in [0.29, 0.717) is 26.3 Å². The maximum Gasteiger partial charge on any atom is 0.0969 e. The zero-order chi connectivity index (χ0) is 13.2. The van der Waals surface area contributed by atoms with E-state index in [9.17, 15) is 5.11 Å². The Kier molecular flexibility index (Phi) is 7.51. The number of aromatic nitrogens is 3. The van der Waals surface area contributed by atoms with E-state index in [-0.39, 0.29) is 6.61 Å². The SMILES string of the molecule is COCCOCC(O)Cn1cc(CCCN)nn1. The molecule has 3 N–H and O–H groups in total. The Hall–Kier alpha value is -1.02. The molecule has 0 fully saturated rings. The summed E-state index contributed by atoms with van der Waals surface area (Å²) in [7, 11) is 1.61. The quantitative estimate of drug-likeness (QED) is 0.533. The van der Waals surface area contributed by atoms with Crippen LogP contribution in [0.1, 0.15) is 12.1 Å². The third kappa shape index (κ3) is 6.06. The molecule has 0 aliphatic rings. The molecule has 0 spiro atoms. The summed E-state index contributed by atoms with van der Waals surface area (Å²) >= 11 is 0. The van der Waals surface area contributed by atoms with Gasteiger partial charge in [-0.05, 0) is 19.4 Å². The van der Waals surface area contributed by atoms with E-state index < -0.39 is 6.10 Å². The van der Waals surface area contributed by atoms with E-state index in [1.165, 1.54) is 0 Å². The number of hydrogen-bond acceptors (Lipinski definition) is 6. The van der Waals surface area contributed by atoms with Crippen molar-refractivity contribution < 1.29 is 14.6 Å². The van der Waals surface area contributed by atoms with Gasteiger partial charge in [-0.1, -0.05) is 5.21 Å². The Bertz CT molecular complexity index is 319. The lowest BCUT2D eigenvalue weighted by molar-refractivity contribution is 0.00579. The number of rotatable bonds is 10. The molecule has 1 atom stereocenters. The van der Waals surface area contributed by atoms with Crippen LogP contribution in [-0.2, 0) is 22.4 Å². The average molecular weight is 258 g/mol. The maximum absolute atomic E-state index is 9.71. The Labute approximate surface area is 107 Å². The van der Waals surface area contributed by atoms with Crippen LogP contribution in [0.5, 0.6) is 0 Å². The van der Waals surface area contributed by atoms with Gasteiger partial charge >= 0.3 is 0 Å². The Balaban J connectivity index is 2.22. The second-order valence-corrected chi connectivity index (χ2v) is 4.05. The van der Waals surface area contributed by atoms with Gasteiger partial charge in [0.2, 0.25) is 0 Å². The van der Waals surface area contributed by atoms with Gasteiger partial charge in [0.1, 0.15) is 0 Å². The minimum atomic E-state index is -0.592. The van der Waals surface area contributed by atoms with Crippen molar-refractivity contribution in [2.24, 2.45) is 5.73 Å². The fourth-order valence-corrected chi connectivity index (χ4v) is 1.46. The fourth-order valence-electron chi connectivity index (χ4n) is 1.46. The number of aliphatic hydroxyl groups excluding tert-OH is 1. The van der Waals surface area contributed by atoms with Crippen molar-refractivity contribution in [3.05, 3.63) is 11.9 Å². The highest BCUT2D eigenvalue weighted by molar-refractivity contribution is 4.92. The third-order valence-corrected chi connectivity index (χ3v) is 2.36. The number of ether oxygens (including phenoxy) is 2. The number of nitrogens with two attached hydrogens (primary N) is 1. The van der Waals surface area contributed by atoms with Crippen LogP contribution in [0.25, 0.3) is 0 Å². The lowest BCUT2D eigenvalue weighted by Gasteiger charge is -2.10. The second kappa shape index (κ2) is 8.98. The van der Waals surface area contributed by atoms with Crippen molar-refractivity contribution in [3.8, 4) is 0 Å². The molecule has 1 rings (SSSR count). The number of aliphatic hydroxyl groups is 1. The number of nitrogens with zero attached hydrogens (tertiary/aromatic N) is 3. The van der Waals surface area contributed by atoms with Crippen LogP contribution in [0.2, 0.25) is 0 Å². The largest absolute Gasteiger partial charge is 0.389 e. The highest BCUT2D eigenvalue weighted by Gasteiger charge is 2.07. The topological polar surface area (TPSA) is 95.4 Å². The Morgan fingerprint density at radius 1 is 1.50 bits per heavy atom. The van der Waals surface area contributed by atoms with Gasteiger partial charge in [-0.2, -0.15) is 0 Å². The summed E-state index contributed by atoms with van der Waals surface area (Å²) < 4.78 is 11.7. The molecule has 0 radical (unpaired) electrons. The summed E-state index contributed by atoms with van der Waals surface area (Å²) in [6.07, 6.45) is 2.94. The minimum Gasteiger partial charge on any atom is -0.389 e. The molecule has 0 saturated heterocycles. The molecule has 0 aliphatic carbocycles. The predicted molar refractivity (Wildman–Crippen MR) is 66.1 cm³/mol. The van der Waals surface area contributed by atoms with Crippen molar-refractivity contribution >= 4 is 0 Å². The van der Waals surface area contributed by atoms with Crippen LogP contribution in [0.15, 0.2) is 6.20 Å². The standard InChI is InChI=1S/C11H22N4O3/c1-17-5-6-18-9-11(16)8-15-7-10(13-14-15)3-2-4-12/h7,11,16H,2-6,8-9,12H2,1H3. The smallest absolute Gasteiger partial charge is 0.0969 e. The van der Waals surface area contributed by atoms with Crippen molar-refractivity contribution in [2.45, 2.75) is 25.5 Å². The van der Waals surface area contributed by atoms with E-state index in [2.05, 4.69) is 10.3 Å². The first-order valence-corrected chi connectivity index (χ1v) is 6.10. The van der Waals surface area contributed by atoms with Gasteiger partial charge in [0.25, 0.3) is 0 Å². The first-order chi connectivity index (χ1) is 8.76. The first-order valence-electron chi connectivity index (χ1n) is 6.10. The molecular weight excluding hydrogens is 236 g/mol. The summed E-state index contributed by atoms with van der Waals surface area (Å²) in [6.45, 7) is 2.29. The van der Waals surface area contributed by atoms with Gasteiger partial charge in [-0.3, -0.25) is 0 Å². The summed E-state index contributed by atoms with van der Waals surface area (Å²) in [4.78, 5) is 0. The zero-order valence-corrected chi connectivity index (χ0v) is 10.8. The molecule has 0 amide bonds. The summed E-state index contributed by atoms with van der Waals surface area (Å²) in [5.41, 5.74) is 6.32. The van der Waals surface area contributed by atoms with E-state index in [0.717, 1.165) is 18.5 Å². The van der Waals surface area contributed by atoms with Gasteiger partial charge in [0, 0.05) is 13.3 Å². The zero-order valence-electron chi connectivity index (χ0n) is 10.8. The molecule has 7 nitrogen and oxygen atoms in total. The second-order valence-electron chi connectivity index (χ2n) is 4.05. The van der Waals surface area contributed by atoms with E-state index in [4.69, 9.17) is 15.2 Å². The highest BCUT2D eigenvalue weighted by Crippen LogP contribution is 1.99. The third-order valence-electron chi connectivity index (χ3n) is 2.36. The summed E-state index contributed by atoms with van der Waals surface area (Å²) in [5.74, 6) is 0. The molecular formula is C11H22N4O3. The molecule has 7 heteroatoms. The molecule has 104 valence electrons. The summed E-state index contributed by atoms with van der Waals surface area (Å²) in [5, 5.41) is 17.7. The number of methoxy groups -OCH3 is 1. The Morgan fingerprint density at radius 2 is 2.33 bits per heavy atom. The summed E-state index contributed by atoms with van der Waals surface area (Å²) in [6, 6.07) is 0. The van der Waals surface area contributed by atoms with Crippen LogP contribution in [0, 0.1) is 0 Å². The molecule has 1 aromatic heterocycles. The molecule has 0 saturated carbocycles. The van der Waals surface area contributed by atoms with Crippen molar-refractivity contribution in [3.63, 3.8) is 0 Å². The van der Waals surface area contributed by atoms with E-state index >= 15 is 0 Å². The minimum absolute atomic E-state index is 0.265. The predicted octanol–water partition coefficient (Wildman–Crippen LogP) is -0.807. The molecule has 1 heterocycles. The van der Waals surface area contributed by atoms with Gasteiger partial charge in [0.15, 0.2) is 0 Å². The Morgan fingerprint density at radius 3 is 3.06 bits per heavy atom. The molecule has 0 aliphatic heterocycles. The lowest BCUT2D eigenvalue weighted by Crippen LogP contribution is -2.23. The molecule has 0 bridgehead atoms. The van der Waals surface area contributed by atoms with Gasteiger partial charge in [-0.25, -0.2) is 4.68 Å². The first kappa shape index (κ1) is 15.0. The van der Waals surface area contributed by atoms with Gasteiger partial charge in [0.05, 0.1) is 38.2 Å². The van der Waals surface area contributed by atoms with Crippen LogP contribution in [-0.4, -0.2) is 59.7 Å². The van der Waals surface area contributed by atoms with Crippen molar-refractivity contribution in [1.82, 2.24) is 15.0 Å². The van der Waals surface area contributed by atoms with Crippen LogP contribution in [0.4, 0.5) is 0 Å². The van der Waals surface area contributed by atoms with Gasteiger partial charge < -0.3 is 20.3 Å². The number of hydrogen-bond donors (Lipinski definition) is 2. The maximum atomic E-state index is 9.71. The fraction of sp³-hybridized carbons (Fsp3) is 0.818. The number of aryl methyl sites for hydroxylation is 1. The monoisotopic (exact) mass is 258 g/mol. The van der Waals surface area contributed by atoms with Crippen LogP contribution in [0.3, 0.4) is 0 Å². The van der Waals surface area contributed by atoms with Crippen LogP contribution < -0.4 is 5.73 Å². The molecule has 0 aromatic carbocycles. The van der Waals surface area contributed by atoms with Gasteiger partial charge in [-0.15, -0.1) is 5.10 Å². The van der Waals surface area contributed by atoms with Crippen LogP contribution >= 0.6 is 0 Å². The molecule has 1 unspecified atom stereocenters. The lowest BCUT2D eigenvalue weighted by atomic mass is 10.2. The molecule has 1 aromatic rings. The molecule has 18 heavy (non-hydrogen) atoms. The normalized spacial score (nSPS) is 12.8. The average Bonchev–Trinajstić information content (AvgIpc) is 2.80. The van der Waals surface area contributed by atoms with E-state index in [1.807, 2.05) is 6.20 Å². The van der Waals surface area contributed by atoms with Crippen molar-refractivity contribution in [1.29, 1.82) is 0 Å². The highest BCUT2D eigenvalue weighted by atomic mass is 16.5.